The zero-order chi connectivity index (χ0) is 13.5. The van der Waals surface area contributed by atoms with Crippen LogP contribution in [0.5, 0.6) is 0 Å². The molecule has 0 fully saturated rings. The van der Waals surface area contributed by atoms with Crippen molar-refractivity contribution in [2.45, 2.75) is 46.3 Å². The molecule has 1 atom stereocenters. The molecular formula is C14H24N2O2. The predicted octanol–water partition coefficient (Wildman–Crippen LogP) is 2.19. The number of nitrogens with one attached hydrogen (secondary N) is 1. The summed E-state index contributed by atoms with van der Waals surface area (Å²) in [5.74, 6) is 0.278. The van der Waals surface area contributed by atoms with E-state index in [4.69, 9.17) is 4.74 Å². The van der Waals surface area contributed by atoms with Gasteiger partial charge in [-0.3, -0.25) is 4.79 Å². The van der Waals surface area contributed by atoms with E-state index in [9.17, 15) is 4.79 Å². The first-order chi connectivity index (χ1) is 8.56. The first kappa shape index (κ1) is 14.8. The van der Waals surface area contributed by atoms with Crippen molar-refractivity contribution < 1.29 is 9.53 Å². The summed E-state index contributed by atoms with van der Waals surface area (Å²) in [5, 5.41) is 3.27. The van der Waals surface area contributed by atoms with Gasteiger partial charge in [0.15, 0.2) is 0 Å². The van der Waals surface area contributed by atoms with Crippen molar-refractivity contribution >= 4 is 5.97 Å². The van der Waals surface area contributed by atoms with E-state index in [1.54, 1.807) is 0 Å². The average molecular weight is 252 g/mol. The number of carbonyl (C=O) groups excluding carboxylic acids is 1. The molecule has 4 nitrogen and oxygen atoms in total. The summed E-state index contributed by atoms with van der Waals surface area (Å²) >= 11 is 0. The molecule has 0 aliphatic heterocycles. The third-order valence-corrected chi connectivity index (χ3v) is 2.92. The molecule has 1 unspecified atom stereocenters. The number of methoxy groups -OCH3 is 1. The Hall–Kier alpha value is -1.29. The van der Waals surface area contributed by atoms with Gasteiger partial charge in [-0.2, -0.15) is 0 Å². The lowest BCUT2D eigenvalue weighted by Gasteiger charge is -2.17. The molecule has 0 spiro atoms. The van der Waals surface area contributed by atoms with E-state index in [1.807, 2.05) is 6.20 Å². The quantitative estimate of drug-likeness (QED) is 0.756. The molecule has 0 saturated heterocycles. The molecule has 0 aliphatic rings. The lowest BCUT2D eigenvalue weighted by Crippen LogP contribution is -2.38. The van der Waals surface area contributed by atoms with Gasteiger partial charge in [-0.25, -0.2) is 0 Å². The van der Waals surface area contributed by atoms with Gasteiger partial charge < -0.3 is 14.6 Å². The fraction of sp³-hybridized carbons (Fsp3) is 0.643. The Balaban J connectivity index is 2.52. The topological polar surface area (TPSA) is 43.3 Å². The van der Waals surface area contributed by atoms with Crippen LogP contribution in [0.15, 0.2) is 18.5 Å². The number of hydrogen-bond acceptors (Lipinski definition) is 3. The monoisotopic (exact) mass is 252 g/mol. The van der Waals surface area contributed by atoms with Gasteiger partial charge in [0, 0.05) is 25.5 Å². The molecule has 0 radical (unpaired) electrons. The fourth-order valence-corrected chi connectivity index (χ4v) is 1.91. The van der Waals surface area contributed by atoms with Crippen molar-refractivity contribution in [1.29, 1.82) is 0 Å². The SMILES string of the molecule is CCn1ccc(CNC(CC(C)C)C(=O)OC)c1. The standard InChI is InChI=1S/C14H24N2O2/c1-5-16-7-6-12(10-16)9-15-13(8-11(2)3)14(17)18-4/h6-7,10-11,13,15H,5,8-9H2,1-4H3. The Morgan fingerprint density at radius 3 is 2.72 bits per heavy atom. The molecule has 0 aromatic carbocycles. The van der Waals surface area contributed by atoms with Crippen LogP contribution < -0.4 is 5.32 Å². The molecule has 1 rings (SSSR count). The fourth-order valence-electron chi connectivity index (χ4n) is 1.91. The first-order valence-electron chi connectivity index (χ1n) is 6.52. The zero-order valence-corrected chi connectivity index (χ0v) is 11.8. The number of nitrogens with zero attached hydrogens (tertiary/aromatic N) is 1. The number of ether oxygens (including phenoxy) is 1. The Morgan fingerprint density at radius 2 is 2.22 bits per heavy atom. The molecule has 4 heteroatoms. The molecule has 0 aliphatic carbocycles. The molecule has 1 heterocycles. The van der Waals surface area contributed by atoms with E-state index in [2.05, 4.69) is 42.9 Å². The van der Waals surface area contributed by atoms with E-state index in [0.717, 1.165) is 13.0 Å². The van der Waals surface area contributed by atoms with Crippen molar-refractivity contribution in [1.82, 2.24) is 9.88 Å². The van der Waals surface area contributed by atoms with E-state index >= 15 is 0 Å². The van der Waals surface area contributed by atoms with Gasteiger partial charge in [0.05, 0.1) is 7.11 Å². The Bertz CT molecular complexity index is 372. The maximum atomic E-state index is 11.6. The number of rotatable bonds is 7. The van der Waals surface area contributed by atoms with Crippen LogP contribution in [-0.2, 0) is 22.6 Å². The molecule has 18 heavy (non-hydrogen) atoms. The highest BCUT2D eigenvalue weighted by Gasteiger charge is 2.19. The van der Waals surface area contributed by atoms with Crippen LogP contribution in [0.3, 0.4) is 0 Å². The maximum absolute atomic E-state index is 11.6. The molecule has 0 bridgehead atoms. The van der Waals surface area contributed by atoms with Crippen LogP contribution in [0.1, 0.15) is 32.8 Å². The highest BCUT2D eigenvalue weighted by atomic mass is 16.5. The summed E-state index contributed by atoms with van der Waals surface area (Å²) in [6.45, 7) is 7.97. The molecule has 102 valence electrons. The van der Waals surface area contributed by atoms with E-state index in [1.165, 1.54) is 12.7 Å². The number of carbonyl (C=O) groups is 1. The minimum Gasteiger partial charge on any atom is -0.468 e. The lowest BCUT2D eigenvalue weighted by molar-refractivity contribution is -0.143. The van der Waals surface area contributed by atoms with Crippen LogP contribution in [0.2, 0.25) is 0 Å². The highest BCUT2D eigenvalue weighted by molar-refractivity contribution is 5.75. The van der Waals surface area contributed by atoms with Crippen molar-refractivity contribution in [3.8, 4) is 0 Å². The smallest absolute Gasteiger partial charge is 0.322 e. The van der Waals surface area contributed by atoms with Crippen LogP contribution >= 0.6 is 0 Å². The van der Waals surface area contributed by atoms with Crippen molar-refractivity contribution in [3.63, 3.8) is 0 Å². The zero-order valence-electron chi connectivity index (χ0n) is 11.8. The maximum Gasteiger partial charge on any atom is 0.322 e. The molecule has 0 amide bonds. The van der Waals surface area contributed by atoms with Crippen molar-refractivity contribution in [2.75, 3.05) is 7.11 Å². The number of esters is 1. The van der Waals surface area contributed by atoms with Crippen LogP contribution in [-0.4, -0.2) is 23.7 Å². The normalized spacial score (nSPS) is 12.7. The summed E-state index contributed by atoms with van der Waals surface area (Å²) in [5.41, 5.74) is 1.19. The van der Waals surface area contributed by atoms with E-state index in [0.29, 0.717) is 12.5 Å². The van der Waals surface area contributed by atoms with Crippen LogP contribution in [0.25, 0.3) is 0 Å². The lowest BCUT2D eigenvalue weighted by atomic mass is 10.0. The predicted molar refractivity (Wildman–Crippen MR) is 72.2 cm³/mol. The minimum atomic E-state index is -0.222. The van der Waals surface area contributed by atoms with E-state index in [-0.39, 0.29) is 12.0 Å². The molecule has 1 aromatic heterocycles. The van der Waals surface area contributed by atoms with Crippen molar-refractivity contribution in [3.05, 3.63) is 24.0 Å². The number of hydrogen-bond donors (Lipinski definition) is 1. The Labute approximate surface area is 109 Å². The Morgan fingerprint density at radius 1 is 1.50 bits per heavy atom. The minimum absolute atomic E-state index is 0.182. The number of aromatic nitrogens is 1. The summed E-state index contributed by atoms with van der Waals surface area (Å²) in [6, 6.07) is 1.85. The third-order valence-electron chi connectivity index (χ3n) is 2.92. The summed E-state index contributed by atoms with van der Waals surface area (Å²) in [4.78, 5) is 11.6. The van der Waals surface area contributed by atoms with Gasteiger partial charge in [0.1, 0.15) is 6.04 Å². The van der Waals surface area contributed by atoms with Gasteiger partial charge >= 0.3 is 5.97 Å². The Kier molecular flexibility index (Phi) is 5.92. The molecule has 1 aromatic rings. The molecule has 1 N–H and O–H groups in total. The van der Waals surface area contributed by atoms with Gasteiger partial charge in [0.2, 0.25) is 0 Å². The molecular weight excluding hydrogens is 228 g/mol. The second-order valence-electron chi connectivity index (χ2n) is 4.94. The molecule has 0 saturated carbocycles. The summed E-state index contributed by atoms with van der Waals surface area (Å²) < 4.78 is 6.94. The van der Waals surface area contributed by atoms with Crippen LogP contribution in [0, 0.1) is 5.92 Å². The van der Waals surface area contributed by atoms with Crippen molar-refractivity contribution in [2.24, 2.45) is 5.92 Å². The summed E-state index contributed by atoms with van der Waals surface area (Å²) in [6.07, 6.45) is 4.94. The van der Waals surface area contributed by atoms with Gasteiger partial charge in [-0.05, 0) is 30.9 Å². The third kappa shape index (κ3) is 4.53. The first-order valence-corrected chi connectivity index (χ1v) is 6.52. The summed E-state index contributed by atoms with van der Waals surface area (Å²) in [7, 11) is 1.44. The van der Waals surface area contributed by atoms with E-state index < -0.39 is 0 Å². The van der Waals surface area contributed by atoms with Gasteiger partial charge in [-0.15, -0.1) is 0 Å². The highest BCUT2D eigenvalue weighted by Crippen LogP contribution is 2.08. The number of aryl methyl sites for hydroxylation is 1. The van der Waals surface area contributed by atoms with Gasteiger partial charge in [-0.1, -0.05) is 13.8 Å². The second kappa shape index (κ2) is 7.21. The average Bonchev–Trinajstić information content (AvgIpc) is 2.81. The second-order valence-corrected chi connectivity index (χ2v) is 4.94. The largest absolute Gasteiger partial charge is 0.468 e. The van der Waals surface area contributed by atoms with Crippen LogP contribution in [0.4, 0.5) is 0 Å². The van der Waals surface area contributed by atoms with Gasteiger partial charge in [0.25, 0.3) is 0 Å².